The second-order valence-corrected chi connectivity index (χ2v) is 5.77. The van der Waals surface area contributed by atoms with Gasteiger partial charge in [0.15, 0.2) is 0 Å². The van der Waals surface area contributed by atoms with Gasteiger partial charge in [0.2, 0.25) is 5.91 Å². The molecule has 0 aliphatic carbocycles. The van der Waals surface area contributed by atoms with E-state index in [2.05, 4.69) is 5.32 Å². The van der Waals surface area contributed by atoms with Crippen LogP contribution in [0.25, 0.3) is 0 Å². The molecule has 1 atom stereocenters. The average Bonchev–Trinajstić information content (AvgIpc) is 2.97. The van der Waals surface area contributed by atoms with Crippen molar-refractivity contribution in [1.29, 1.82) is 0 Å². The molecular formula is C19H21N3O2. The van der Waals surface area contributed by atoms with Crippen molar-refractivity contribution in [1.82, 2.24) is 5.32 Å². The molecule has 1 aliphatic heterocycles. The van der Waals surface area contributed by atoms with Crippen molar-refractivity contribution in [3.63, 3.8) is 0 Å². The molecule has 2 aromatic carbocycles. The van der Waals surface area contributed by atoms with Gasteiger partial charge in [-0.1, -0.05) is 36.4 Å². The minimum Gasteiger partial charge on any atom is -0.333 e. The molecule has 1 saturated heterocycles. The Morgan fingerprint density at radius 1 is 1.12 bits per heavy atom. The normalized spacial score (nSPS) is 17.0. The monoisotopic (exact) mass is 323 g/mol. The third-order valence-corrected chi connectivity index (χ3v) is 4.15. The predicted molar refractivity (Wildman–Crippen MR) is 95.2 cm³/mol. The molecule has 124 valence electrons. The van der Waals surface area contributed by atoms with E-state index in [4.69, 9.17) is 0 Å². The SMILES string of the molecule is CCN(C(=O)NC1CC(=O)N(c2ccccc2)C1)c1ccccc1. The van der Waals surface area contributed by atoms with Gasteiger partial charge in [0, 0.05) is 30.9 Å². The minimum atomic E-state index is -0.178. The molecule has 1 unspecified atom stereocenters. The fraction of sp³-hybridized carbons (Fsp3) is 0.263. The Labute approximate surface area is 141 Å². The fourth-order valence-corrected chi connectivity index (χ4v) is 2.97. The van der Waals surface area contributed by atoms with Gasteiger partial charge in [-0.25, -0.2) is 4.79 Å². The Morgan fingerprint density at radius 2 is 1.75 bits per heavy atom. The van der Waals surface area contributed by atoms with E-state index in [1.165, 1.54) is 0 Å². The van der Waals surface area contributed by atoms with Gasteiger partial charge in [-0.3, -0.25) is 9.69 Å². The topological polar surface area (TPSA) is 52.7 Å². The first-order valence-corrected chi connectivity index (χ1v) is 8.17. The van der Waals surface area contributed by atoms with Gasteiger partial charge in [0.1, 0.15) is 0 Å². The van der Waals surface area contributed by atoms with Crippen LogP contribution in [0, 0.1) is 0 Å². The van der Waals surface area contributed by atoms with E-state index >= 15 is 0 Å². The largest absolute Gasteiger partial charge is 0.333 e. The maximum atomic E-state index is 12.6. The molecular weight excluding hydrogens is 302 g/mol. The lowest BCUT2D eigenvalue weighted by Crippen LogP contribution is -2.46. The van der Waals surface area contributed by atoms with Gasteiger partial charge in [0.25, 0.3) is 0 Å². The third-order valence-electron chi connectivity index (χ3n) is 4.15. The maximum Gasteiger partial charge on any atom is 0.322 e. The summed E-state index contributed by atoms with van der Waals surface area (Å²) in [5, 5.41) is 2.98. The minimum absolute atomic E-state index is 0.0364. The number of amides is 3. The summed E-state index contributed by atoms with van der Waals surface area (Å²) < 4.78 is 0. The highest BCUT2D eigenvalue weighted by molar-refractivity contribution is 5.98. The van der Waals surface area contributed by atoms with E-state index in [9.17, 15) is 9.59 Å². The van der Waals surface area contributed by atoms with Gasteiger partial charge in [0.05, 0.1) is 6.04 Å². The number of benzene rings is 2. The Hall–Kier alpha value is -2.82. The molecule has 1 fully saturated rings. The molecule has 0 bridgehead atoms. The first kappa shape index (κ1) is 16.1. The van der Waals surface area contributed by atoms with Crippen LogP contribution in [0.1, 0.15) is 13.3 Å². The van der Waals surface area contributed by atoms with Crippen LogP contribution < -0.4 is 15.1 Å². The summed E-state index contributed by atoms with van der Waals surface area (Å²) in [7, 11) is 0. The number of para-hydroxylation sites is 2. The molecule has 5 nitrogen and oxygen atoms in total. The molecule has 1 N–H and O–H groups in total. The number of urea groups is 1. The number of rotatable bonds is 4. The molecule has 0 radical (unpaired) electrons. The van der Waals surface area contributed by atoms with Crippen LogP contribution in [-0.4, -0.2) is 31.1 Å². The van der Waals surface area contributed by atoms with Crippen LogP contribution in [0.4, 0.5) is 16.2 Å². The predicted octanol–water partition coefficient (Wildman–Crippen LogP) is 3.03. The number of nitrogens with zero attached hydrogens (tertiary/aromatic N) is 2. The van der Waals surface area contributed by atoms with Gasteiger partial charge in [-0.05, 0) is 31.2 Å². The summed E-state index contributed by atoms with van der Waals surface area (Å²) in [6.45, 7) is 3.00. The molecule has 1 heterocycles. The van der Waals surface area contributed by atoms with Gasteiger partial charge < -0.3 is 10.2 Å². The first-order valence-electron chi connectivity index (χ1n) is 8.17. The zero-order valence-corrected chi connectivity index (χ0v) is 13.7. The maximum absolute atomic E-state index is 12.6. The fourth-order valence-electron chi connectivity index (χ4n) is 2.97. The number of anilines is 2. The molecule has 0 saturated carbocycles. The second-order valence-electron chi connectivity index (χ2n) is 5.77. The summed E-state index contributed by atoms with van der Waals surface area (Å²) >= 11 is 0. The summed E-state index contributed by atoms with van der Waals surface area (Å²) in [6.07, 6.45) is 0.326. The smallest absolute Gasteiger partial charge is 0.322 e. The van der Waals surface area contributed by atoms with Gasteiger partial charge in [-0.15, -0.1) is 0 Å². The highest BCUT2D eigenvalue weighted by Gasteiger charge is 2.32. The van der Waals surface area contributed by atoms with E-state index < -0.39 is 0 Å². The Bertz CT molecular complexity index is 703. The third kappa shape index (κ3) is 3.40. The highest BCUT2D eigenvalue weighted by Crippen LogP contribution is 2.21. The Balaban J connectivity index is 1.66. The van der Waals surface area contributed by atoms with Crippen molar-refractivity contribution in [3.05, 3.63) is 60.7 Å². The van der Waals surface area contributed by atoms with E-state index in [0.717, 1.165) is 11.4 Å². The van der Waals surface area contributed by atoms with Crippen LogP contribution in [0.5, 0.6) is 0 Å². The lowest BCUT2D eigenvalue weighted by atomic mass is 10.2. The van der Waals surface area contributed by atoms with Crippen molar-refractivity contribution in [3.8, 4) is 0 Å². The average molecular weight is 323 g/mol. The zero-order chi connectivity index (χ0) is 16.9. The number of hydrogen-bond acceptors (Lipinski definition) is 2. The van der Waals surface area contributed by atoms with E-state index in [1.54, 1.807) is 9.80 Å². The number of nitrogens with one attached hydrogen (secondary N) is 1. The van der Waals surface area contributed by atoms with Crippen molar-refractivity contribution in [2.24, 2.45) is 0 Å². The summed E-state index contributed by atoms with van der Waals surface area (Å²) in [4.78, 5) is 28.2. The first-order chi connectivity index (χ1) is 11.7. The van der Waals surface area contributed by atoms with Crippen LogP contribution in [0.3, 0.4) is 0 Å². The van der Waals surface area contributed by atoms with Crippen molar-refractivity contribution >= 4 is 23.3 Å². The quantitative estimate of drug-likeness (QED) is 0.940. The standard InChI is InChI=1S/C19H21N3O2/c1-2-21(16-9-5-3-6-10-16)19(24)20-15-13-18(23)22(14-15)17-11-7-4-8-12-17/h3-12,15H,2,13-14H2,1H3,(H,20,24). The van der Waals surface area contributed by atoms with E-state index in [0.29, 0.717) is 19.5 Å². The highest BCUT2D eigenvalue weighted by atomic mass is 16.2. The number of carbonyl (C=O) groups is 2. The number of hydrogen-bond donors (Lipinski definition) is 1. The van der Waals surface area contributed by atoms with Gasteiger partial charge >= 0.3 is 6.03 Å². The molecule has 0 aromatic heterocycles. The van der Waals surface area contributed by atoms with Crippen molar-refractivity contribution < 1.29 is 9.59 Å². The molecule has 24 heavy (non-hydrogen) atoms. The Kier molecular flexibility index (Phi) is 4.79. The van der Waals surface area contributed by atoms with Crippen LogP contribution in [-0.2, 0) is 4.79 Å². The summed E-state index contributed by atoms with van der Waals surface area (Å²) in [5.74, 6) is 0.0364. The lowest BCUT2D eigenvalue weighted by Gasteiger charge is -2.24. The van der Waals surface area contributed by atoms with Crippen LogP contribution >= 0.6 is 0 Å². The van der Waals surface area contributed by atoms with Crippen LogP contribution in [0.15, 0.2) is 60.7 Å². The molecule has 5 heteroatoms. The van der Waals surface area contributed by atoms with E-state index in [-0.39, 0.29) is 18.0 Å². The number of carbonyl (C=O) groups excluding carboxylic acids is 2. The van der Waals surface area contributed by atoms with Gasteiger partial charge in [-0.2, -0.15) is 0 Å². The summed E-state index contributed by atoms with van der Waals surface area (Å²) in [6, 6.07) is 18.7. The Morgan fingerprint density at radius 3 is 2.38 bits per heavy atom. The lowest BCUT2D eigenvalue weighted by molar-refractivity contribution is -0.117. The van der Waals surface area contributed by atoms with Crippen molar-refractivity contribution in [2.75, 3.05) is 22.9 Å². The second kappa shape index (κ2) is 7.17. The molecule has 3 amide bonds. The molecule has 3 rings (SSSR count). The molecule has 0 spiro atoms. The van der Waals surface area contributed by atoms with E-state index in [1.807, 2.05) is 67.6 Å². The van der Waals surface area contributed by atoms with Crippen LogP contribution in [0.2, 0.25) is 0 Å². The summed E-state index contributed by atoms with van der Waals surface area (Å²) in [5.41, 5.74) is 1.72. The van der Waals surface area contributed by atoms with Crippen molar-refractivity contribution in [2.45, 2.75) is 19.4 Å². The molecule has 1 aliphatic rings. The molecule has 2 aromatic rings. The zero-order valence-electron chi connectivity index (χ0n) is 13.7.